The van der Waals surface area contributed by atoms with E-state index in [-0.39, 0.29) is 0 Å². The molecule has 1 fully saturated rings. The standard InChI is InChI=1S/C20H27N3O2/c1-4-23-15(3)19(14(2)21-23)13-22-11-5-6-18(12-22)16-7-9-17(10-8-16)20(24)25/h7-10,18H,4-6,11-13H2,1-3H3,(H,24,25)/t18-/m1/s1. The fourth-order valence-electron chi connectivity index (χ4n) is 3.86. The van der Waals surface area contributed by atoms with Gasteiger partial charge in [0.05, 0.1) is 11.3 Å². The minimum Gasteiger partial charge on any atom is -0.478 e. The topological polar surface area (TPSA) is 58.4 Å². The predicted octanol–water partition coefficient (Wildman–Crippen LogP) is 3.60. The van der Waals surface area contributed by atoms with Crippen LogP contribution in [0.15, 0.2) is 24.3 Å². The first kappa shape index (κ1) is 17.7. The van der Waals surface area contributed by atoms with E-state index in [1.54, 1.807) is 12.1 Å². The zero-order valence-electron chi connectivity index (χ0n) is 15.3. The second-order valence-corrected chi connectivity index (χ2v) is 6.97. The van der Waals surface area contributed by atoms with Crippen LogP contribution in [-0.2, 0) is 13.1 Å². The number of carboxylic acids is 1. The van der Waals surface area contributed by atoms with E-state index in [1.165, 1.54) is 23.2 Å². The maximum Gasteiger partial charge on any atom is 0.335 e. The largest absolute Gasteiger partial charge is 0.478 e. The van der Waals surface area contributed by atoms with Crippen molar-refractivity contribution in [3.8, 4) is 0 Å². The number of carbonyl (C=O) groups is 1. The minimum absolute atomic E-state index is 0.356. The number of rotatable bonds is 5. The molecule has 0 unspecified atom stereocenters. The van der Waals surface area contributed by atoms with Crippen LogP contribution in [0.5, 0.6) is 0 Å². The number of aromatic carboxylic acids is 1. The van der Waals surface area contributed by atoms with Crippen molar-refractivity contribution in [3.63, 3.8) is 0 Å². The van der Waals surface area contributed by atoms with Crippen molar-refractivity contribution in [2.75, 3.05) is 13.1 Å². The average molecular weight is 341 g/mol. The fraction of sp³-hybridized carbons (Fsp3) is 0.500. The van der Waals surface area contributed by atoms with Gasteiger partial charge in [0, 0.05) is 30.9 Å². The molecule has 25 heavy (non-hydrogen) atoms. The molecule has 0 bridgehead atoms. The van der Waals surface area contributed by atoms with Crippen LogP contribution in [0.2, 0.25) is 0 Å². The molecule has 5 nitrogen and oxygen atoms in total. The van der Waals surface area contributed by atoms with Gasteiger partial charge in [0.15, 0.2) is 0 Å². The molecule has 134 valence electrons. The smallest absolute Gasteiger partial charge is 0.335 e. The van der Waals surface area contributed by atoms with Crippen molar-refractivity contribution in [3.05, 3.63) is 52.3 Å². The van der Waals surface area contributed by atoms with Crippen molar-refractivity contribution in [2.24, 2.45) is 0 Å². The van der Waals surface area contributed by atoms with Crippen molar-refractivity contribution >= 4 is 5.97 Å². The molecule has 2 heterocycles. The van der Waals surface area contributed by atoms with E-state index in [1.807, 2.05) is 12.1 Å². The van der Waals surface area contributed by atoms with E-state index < -0.39 is 5.97 Å². The number of carboxylic acid groups (broad SMARTS) is 1. The van der Waals surface area contributed by atoms with Crippen LogP contribution in [0.3, 0.4) is 0 Å². The lowest BCUT2D eigenvalue weighted by molar-refractivity contribution is 0.0697. The quantitative estimate of drug-likeness (QED) is 0.903. The second kappa shape index (κ2) is 7.40. The lowest BCUT2D eigenvalue weighted by Gasteiger charge is -2.33. The van der Waals surface area contributed by atoms with E-state index in [0.717, 1.165) is 38.3 Å². The Morgan fingerprint density at radius 1 is 1.28 bits per heavy atom. The van der Waals surface area contributed by atoms with Crippen LogP contribution in [0, 0.1) is 13.8 Å². The monoisotopic (exact) mass is 341 g/mol. The Labute approximate surface area is 149 Å². The first-order valence-corrected chi connectivity index (χ1v) is 9.08. The van der Waals surface area contributed by atoms with Crippen molar-refractivity contribution in [1.29, 1.82) is 0 Å². The molecule has 1 atom stereocenters. The summed E-state index contributed by atoms with van der Waals surface area (Å²) >= 11 is 0. The normalized spacial score (nSPS) is 18.4. The van der Waals surface area contributed by atoms with Crippen LogP contribution in [0.25, 0.3) is 0 Å². The third-order valence-corrected chi connectivity index (χ3v) is 5.35. The molecule has 0 saturated carbocycles. The summed E-state index contributed by atoms with van der Waals surface area (Å²) in [5, 5.41) is 13.7. The molecule has 1 aromatic carbocycles. The molecule has 0 spiro atoms. The molecule has 2 aromatic rings. The van der Waals surface area contributed by atoms with E-state index in [0.29, 0.717) is 11.5 Å². The summed E-state index contributed by atoms with van der Waals surface area (Å²) in [6.07, 6.45) is 2.33. The van der Waals surface area contributed by atoms with Crippen molar-refractivity contribution in [1.82, 2.24) is 14.7 Å². The fourth-order valence-corrected chi connectivity index (χ4v) is 3.86. The van der Waals surface area contributed by atoms with E-state index in [9.17, 15) is 4.79 Å². The lowest BCUT2D eigenvalue weighted by atomic mass is 9.90. The van der Waals surface area contributed by atoms with E-state index in [4.69, 9.17) is 5.11 Å². The minimum atomic E-state index is -0.865. The van der Waals surface area contributed by atoms with Crippen LogP contribution in [0.1, 0.15) is 58.6 Å². The highest BCUT2D eigenvalue weighted by Gasteiger charge is 2.23. The molecule has 1 aliphatic rings. The molecule has 0 aliphatic carbocycles. The van der Waals surface area contributed by atoms with Gasteiger partial charge in [-0.2, -0.15) is 5.10 Å². The Kier molecular flexibility index (Phi) is 5.23. The number of aryl methyl sites for hydroxylation is 2. The zero-order chi connectivity index (χ0) is 18.0. The Morgan fingerprint density at radius 3 is 2.60 bits per heavy atom. The van der Waals surface area contributed by atoms with Gasteiger partial charge in [-0.3, -0.25) is 9.58 Å². The maximum atomic E-state index is 11.0. The maximum absolute atomic E-state index is 11.0. The summed E-state index contributed by atoms with van der Waals surface area (Å²) in [5.74, 6) is -0.394. The third-order valence-electron chi connectivity index (χ3n) is 5.35. The Morgan fingerprint density at radius 2 is 2.00 bits per heavy atom. The first-order valence-electron chi connectivity index (χ1n) is 9.08. The second-order valence-electron chi connectivity index (χ2n) is 6.97. The number of piperidine rings is 1. The van der Waals surface area contributed by atoms with Crippen molar-refractivity contribution in [2.45, 2.75) is 52.6 Å². The van der Waals surface area contributed by atoms with Gasteiger partial charge in [0.25, 0.3) is 0 Å². The molecule has 1 aliphatic heterocycles. The number of hydrogen-bond acceptors (Lipinski definition) is 3. The molecule has 0 radical (unpaired) electrons. The summed E-state index contributed by atoms with van der Waals surface area (Å²) < 4.78 is 2.08. The molecular formula is C20H27N3O2. The van der Waals surface area contributed by atoms with Gasteiger partial charge in [-0.1, -0.05) is 12.1 Å². The van der Waals surface area contributed by atoms with Gasteiger partial charge in [0.2, 0.25) is 0 Å². The highest BCUT2D eigenvalue weighted by Crippen LogP contribution is 2.29. The van der Waals surface area contributed by atoms with Gasteiger partial charge in [-0.15, -0.1) is 0 Å². The first-order chi connectivity index (χ1) is 12.0. The van der Waals surface area contributed by atoms with Crippen LogP contribution in [0.4, 0.5) is 0 Å². The average Bonchev–Trinajstić information content (AvgIpc) is 2.89. The van der Waals surface area contributed by atoms with Gasteiger partial charge < -0.3 is 5.11 Å². The van der Waals surface area contributed by atoms with Gasteiger partial charge in [-0.25, -0.2) is 4.79 Å². The molecule has 3 rings (SSSR count). The highest BCUT2D eigenvalue weighted by atomic mass is 16.4. The molecule has 1 N–H and O–H groups in total. The van der Waals surface area contributed by atoms with Crippen LogP contribution < -0.4 is 0 Å². The third kappa shape index (κ3) is 3.76. The van der Waals surface area contributed by atoms with Crippen LogP contribution in [-0.4, -0.2) is 38.8 Å². The molecule has 0 amide bonds. The summed E-state index contributed by atoms with van der Waals surface area (Å²) in [4.78, 5) is 13.5. The van der Waals surface area contributed by atoms with Crippen molar-refractivity contribution < 1.29 is 9.90 Å². The lowest BCUT2D eigenvalue weighted by Crippen LogP contribution is -2.34. The SMILES string of the molecule is CCn1nc(C)c(CN2CCC[C@@H](c3ccc(C(=O)O)cc3)C2)c1C. The number of aromatic nitrogens is 2. The number of likely N-dealkylation sites (tertiary alicyclic amines) is 1. The Balaban J connectivity index is 1.71. The Bertz CT molecular complexity index is 749. The van der Waals surface area contributed by atoms with Crippen LogP contribution >= 0.6 is 0 Å². The summed E-state index contributed by atoms with van der Waals surface area (Å²) in [6, 6.07) is 7.39. The Hall–Kier alpha value is -2.14. The number of benzene rings is 1. The zero-order valence-corrected chi connectivity index (χ0v) is 15.3. The van der Waals surface area contributed by atoms with Gasteiger partial charge in [0.1, 0.15) is 0 Å². The summed E-state index contributed by atoms with van der Waals surface area (Å²) in [7, 11) is 0. The summed E-state index contributed by atoms with van der Waals surface area (Å²) in [6.45, 7) is 10.4. The predicted molar refractivity (Wildman–Crippen MR) is 98.0 cm³/mol. The number of nitrogens with zero attached hydrogens (tertiary/aromatic N) is 3. The summed E-state index contributed by atoms with van der Waals surface area (Å²) in [5.41, 5.74) is 5.35. The van der Waals surface area contributed by atoms with Gasteiger partial charge in [-0.05, 0) is 63.8 Å². The molecule has 1 aromatic heterocycles. The number of hydrogen-bond donors (Lipinski definition) is 1. The highest BCUT2D eigenvalue weighted by molar-refractivity contribution is 5.87. The molecule has 1 saturated heterocycles. The molecular weight excluding hydrogens is 314 g/mol. The molecule has 5 heteroatoms. The van der Waals surface area contributed by atoms with Gasteiger partial charge >= 0.3 is 5.97 Å². The van der Waals surface area contributed by atoms with E-state index >= 15 is 0 Å². The van der Waals surface area contributed by atoms with E-state index in [2.05, 4.69) is 35.5 Å².